The molecule has 0 aromatic heterocycles. The molecule has 7 heteroatoms. The highest BCUT2D eigenvalue weighted by atomic mass is 19.4. The number of methoxy groups -OCH3 is 1. The number of carbonyl (C=O) groups is 1. The molecule has 2 aliphatic rings. The van der Waals surface area contributed by atoms with E-state index in [1.807, 2.05) is 0 Å². The topological polar surface area (TPSA) is 55.6 Å². The Morgan fingerprint density at radius 1 is 1.26 bits per heavy atom. The number of alkyl halides is 3. The van der Waals surface area contributed by atoms with E-state index in [1.54, 1.807) is 0 Å². The van der Waals surface area contributed by atoms with Crippen molar-refractivity contribution in [3.63, 3.8) is 0 Å². The van der Waals surface area contributed by atoms with Gasteiger partial charge in [-0.1, -0.05) is 0 Å². The zero-order chi connectivity index (χ0) is 14.3. The first-order chi connectivity index (χ1) is 8.76. The standard InChI is InChI=1S/C12H19F3N2O2/c1-19-10(18)11(16,8-2-3-8)6-17(9-4-5-9)7-12(13,14)15/h8-9H,2-7,16H2,1H3. The van der Waals surface area contributed by atoms with E-state index in [-0.39, 0.29) is 18.5 Å². The van der Waals surface area contributed by atoms with E-state index in [9.17, 15) is 18.0 Å². The van der Waals surface area contributed by atoms with E-state index >= 15 is 0 Å². The molecular weight excluding hydrogens is 261 g/mol. The lowest BCUT2D eigenvalue weighted by molar-refractivity contribution is -0.158. The van der Waals surface area contributed by atoms with E-state index < -0.39 is 24.2 Å². The Morgan fingerprint density at radius 3 is 2.21 bits per heavy atom. The fraction of sp³-hybridized carbons (Fsp3) is 0.917. The lowest BCUT2D eigenvalue weighted by Gasteiger charge is -2.33. The minimum absolute atomic E-state index is 0.0607. The molecule has 110 valence electrons. The molecule has 0 aliphatic heterocycles. The van der Waals surface area contributed by atoms with Crippen molar-refractivity contribution < 1.29 is 22.7 Å². The molecule has 1 unspecified atom stereocenters. The van der Waals surface area contributed by atoms with Gasteiger partial charge in [0.25, 0.3) is 0 Å². The molecule has 0 bridgehead atoms. The number of rotatable bonds is 6. The van der Waals surface area contributed by atoms with Gasteiger partial charge in [0.15, 0.2) is 0 Å². The first-order valence-electron chi connectivity index (χ1n) is 6.44. The molecule has 0 saturated heterocycles. The molecule has 2 aliphatic carbocycles. The first-order valence-corrected chi connectivity index (χ1v) is 6.44. The van der Waals surface area contributed by atoms with Gasteiger partial charge in [-0.2, -0.15) is 13.2 Å². The number of nitrogens with two attached hydrogens (primary N) is 1. The molecule has 2 saturated carbocycles. The molecule has 0 heterocycles. The monoisotopic (exact) mass is 280 g/mol. The predicted octanol–water partition coefficient (Wildman–Crippen LogP) is 1.29. The molecule has 19 heavy (non-hydrogen) atoms. The van der Waals surface area contributed by atoms with Gasteiger partial charge in [-0.15, -0.1) is 0 Å². The third-order valence-corrected chi connectivity index (χ3v) is 3.78. The summed E-state index contributed by atoms with van der Waals surface area (Å²) < 4.78 is 42.4. The van der Waals surface area contributed by atoms with Crippen molar-refractivity contribution in [3.05, 3.63) is 0 Å². The molecule has 1 atom stereocenters. The molecule has 0 aromatic rings. The second-order valence-corrected chi connectivity index (χ2v) is 5.56. The Morgan fingerprint density at radius 2 is 1.84 bits per heavy atom. The normalized spacial score (nSPS) is 23.3. The van der Waals surface area contributed by atoms with Crippen LogP contribution in [0.4, 0.5) is 13.2 Å². The smallest absolute Gasteiger partial charge is 0.401 e. The van der Waals surface area contributed by atoms with Crippen LogP contribution in [-0.4, -0.2) is 48.8 Å². The maximum Gasteiger partial charge on any atom is 0.401 e. The van der Waals surface area contributed by atoms with Crippen LogP contribution < -0.4 is 5.73 Å². The van der Waals surface area contributed by atoms with Gasteiger partial charge >= 0.3 is 12.1 Å². The van der Waals surface area contributed by atoms with Crippen molar-refractivity contribution in [2.45, 2.75) is 43.4 Å². The third kappa shape index (κ3) is 3.60. The van der Waals surface area contributed by atoms with Crippen molar-refractivity contribution in [2.24, 2.45) is 11.7 Å². The summed E-state index contributed by atoms with van der Waals surface area (Å²) >= 11 is 0. The Hall–Kier alpha value is -0.820. The molecule has 2 rings (SSSR count). The summed E-state index contributed by atoms with van der Waals surface area (Å²) in [5.74, 6) is -0.669. The predicted molar refractivity (Wildman–Crippen MR) is 62.3 cm³/mol. The molecule has 0 amide bonds. The van der Waals surface area contributed by atoms with Gasteiger partial charge in [-0.05, 0) is 31.6 Å². The minimum atomic E-state index is -4.27. The highest BCUT2D eigenvalue weighted by molar-refractivity contribution is 5.81. The Bertz CT molecular complexity index is 353. The van der Waals surface area contributed by atoms with Crippen LogP contribution in [0.1, 0.15) is 25.7 Å². The van der Waals surface area contributed by atoms with Crippen molar-refractivity contribution in [1.82, 2.24) is 4.90 Å². The average Bonchev–Trinajstić information content (AvgIpc) is 3.18. The van der Waals surface area contributed by atoms with E-state index in [4.69, 9.17) is 5.73 Å². The number of hydrogen-bond donors (Lipinski definition) is 1. The number of esters is 1. The van der Waals surface area contributed by atoms with Gasteiger partial charge in [0.2, 0.25) is 0 Å². The molecule has 0 spiro atoms. The van der Waals surface area contributed by atoms with E-state index in [2.05, 4.69) is 4.74 Å². The zero-order valence-electron chi connectivity index (χ0n) is 10.9. The summed E-state index contributed by atoms with van der Waals surface area (Å²) in [5.41, 5.74) is 4.76. The third-order valence-electron chi connectivity index (χ3n) is 3.78. The van der Waals surface area contributed by atoms with Gasteiger partial charge in [0, 0.05) is 12.6 Å². The number of hydrogen-bond acceptors (Lipinski definition) is 4. The van der Waals surface area contributed by atoms with Crippen LogP contribution in [0.15, 0.2) is 0 Å². The van der Waals surface area contributed by atoms with Gasteiger partial charge in [0.05, 0.1) is 13.7 Å². The highest BCUT2D eigenvalue weighted by Gasteiger charge is 2.52. The van der Waals surface area contributed by atoms with Crippen LogP contribution in [0.2, 0.25) is 0 Å². The summed E-state index contributed by atoms with van der Waals surface area (Å²) in [5, 5.41) is 0. The molecule has 0 aromatic carbocycles. The summed E-state index contributed by atoms with van der Waals surface area (Å²) in [6.07, 6.45) is -1.26. The number of nitrogens with zero attached hydrogens (tertiary/aromatic N) is 1. The van der Waals surface area contributed by atoms with Crippen LogP contribution in [0, 0.1) is 5.92 Å². The minimum Gasteiger partial charge on any atom is -0.468 e. The van der Waals surface area contributed by atoms with Crippen molar-refractivity contribution in [2.75, 3.05) is 20.2 Å². The fourth-order valence-corrected chi connectivity index (χ4v) is 2.47. The zero-order valence-corrected chi connectivity index (χ0v) is 10.9. The molecule has 4 nitrogen and oxygen atoms in total. The van der Waals surface area contributed by atoms with E-state index in [1.165, 1.54) is 12.0 Å². The lowest BCUT2D eigenvalue weighted by atomic mass is 9.93. The van der Waals surface area contributed by atoms with Crippen molar-refractivity contribution in [3.8, 4) is 0 Å². The second kappa shape index (κ2) is 4.94. The number of halogens is 3. The lowest BCUT2D eigenvalue weighted by Crippen LogP contribution is -2.59. The van der Waals surface area contributed by atoms with E-state index in [0.717, 1.165) is 25.7 Å². The maximum absolute atomic E-state index is 12.6. The second-order valence-electron chi connectivity index (χ2n) is 5.56. The highest BCUT2D eigenvalue weighted by Crippen LogP contribution is 2.41. The van der Waals surface area contributed by atoms with Gasteiger partial charge in [0.1, 0.15) is 5.54 Å². The quantitative estimate of drug-likeness (QED) is 0.745. The fourth-order valence-electron chi connectivity index (χ4n) is 2.47. The van der Waals surface area contributed by atoms with Crippen molar-refractivity contribution in [1.29, 1.82) is 0 Å². The van der Waals surface area contributed by atoms with Gasteiger partial charge < -0.3 is 10.5 Å². The molecule has 0 radical (unpaired) electrons. The van der Waals surface area contributed by atoms with Gasteiger partial charge in [-0.3, -0.25) is 9.69 Å². The van der Waals surface area contributed by atoms with Crippen LogP contribution in [0.5, 0.6) is 0 Å². The van der Waals surface area contributed by atoms with E-state index in [0.29, 0.717) is 0 Å². The average molecular weight is 280 g/mol. The summed E-state index contributed by atoms with van der Waals surface area (Å²) in [4.78, 5) is 13.1. The van der Waals surface area contributed by atoms with Crippen LogP contribution in [-0.2, 0) is 9.53 Å². The summed E-state index contributed by atoms with van der Waals surface area (Å²) in [7, 11) is 1.22. The van der Waals surface area contributed by atoms with Crippen molar-refractivity contribution >= 4 is 5.97 Å². The largest absolute Gasteiger partial charge is 0.468 e. The number of carbonyl (C=O) groups excluding carboxylic acids is 1. The van der Waals surface area contributed by atoms with Gasteiger partial charge in [-0.25, -0.2) is 0 Å². The Kier molecular flexibility index (Phi) is 3.79. The molecule has 2 N–H and O–H groups in total. The summed E-state index contributed by atoms with van der Waals surface area (Å²) in [6.45, 7) is -1.09. The number of ether oxygens (including phenoxy) is 1. The van der Waals surface area contributed by atoms with Crippen LogP contribution in [0.3, 0.4) is 0 Å². The summed E-state index contributed by atoms with van der Waals surface area (Å²) in [6, 6.07) is -0.104. The maximum atomic E-state index is 12.6. The first kappa shape index (κ1) is 14.6. The molecular formula is C12H19F3N2O2. The SMILES string of the molecule is COC(=O)C(N)(CN(CC(F)(F)F)C1CC1)C1CC1. The molecule has 2 fully saturated rings. The Balaban J connectivity index is 2.07. The van der Waals surface area contributed by atoms with Crippen LogP contribution >= 0.6 is 0 Å². The van der Waals surface area contributed by atoms with Crippen LogP contribution in [0.25, 0.3) is 0 Å². The Labute approximate surface area is 110 Å².